The number of nitrogens with one attached hydrogen (secondary N) is 2. The number of aryl methyl sites for hydroxylation is 1. The van der Waals surface area contributed by atoms with Gasteiger partial charge in [-0.1, -0.05) is 0 Å². The molecule has 0 spiro atoms. The third-order valence-electron chi connectivity index (χ3n) is 3.33. The van der Waals surface area contributed by atoms with Crippen LogP contribution >= 0.6 is 0 Å². The van der Waals surface area contributed by atoms with E-state index in [0.717, 1.165) is 5.56 Å². The van der Waals surface area contributed by atoms with Crippen molar-refractivity contribution in [3.05, 3.63) is 52.6 Å². The van der Waals surface area contributed by atoms with E-state index >= 15 is 0 Å². The maximum absolute atomic E-state index is 12.2. The molecule has 0 aliphatic heterocycles. The van der Waals surface area contributed by atoms with E-state index in [4.69, 9.17) is 5.11 Å². The number of carboxylic acids is 1. The van der Waals surface area contributed by atoms with Gasteiger partial charge in [-0.15, -0.1) is 0 Å². The van der Waals surface area contributed by atoms with Gasteiger partial charge in [0, 0.05) is 24.6 Å². The molecule has 0 atom stereocenters. The lowest BCUT2D eigenvalue weighted by atomic mass is 10.1. The number of carbonyl (C=O) groups is 2. The first kappa shape index (κ1) is 14.8. The van der Waals surface area contributed by atoms with Gasteiger partial charge in [-0.2, -0.15) is 0 Å². The molecule has 0 unspecified atom stereocenters. The SMILES string of the molecule is Cc1[nH]c(C(=O)O)c(C)c1C(=O)NCCc1ccncc1. The van der Waals surface area contributed by atoms with Crippen LogP contribution in [0.5, 0.6) is 0 Å². The molecular weight excluding hydrogens is 270 g/mol. The Balaban J connectivity index is 2.02. The Morgan fingerprint density at radius 2 is 1.95 bits per heavy atom. The first-order valence-corrected chi connectivity index (χ1v) is 6.60. The summed E-state index contributed by atoms with van der Waals surface area (Å²) in [5.41, 5.74) is 2.57. The number of rotatable bonds is 5. The minimum Gasteiger partial charge on any atom is -0.477 e. The van der Waals surface area contributed by atoms with Crippen molar-refractivity contribution in [1.29, 1.82) is 0 Å². The summed E-state index contributed by atoms with van der Waals surface area (Å²) in [5, 5.41) is 11.9. The predicted octanol–water partition coefficient (Wildman–Crippen LogP) is 1.70. The fourth-order valence-corrected chi connectivity index (χ4v) is 2.26. The number of aromatic nitrogens is 2. The summed E-state index contributed by atoms with van der Waals surface area (Å²) in [6.45, 7) is 3.80. The number of carboxylic acid groups (broad SMARTS) is 1. The lowest BCUT2D eigenvalue weighted by Crippen LogP contribution is -2.26. The Bertz CT molecular complexity index is 662. The highest BCUT2D eigenvalue weighted by Crippen LogP contribution is 2.17. The number of aromatic carboxylic acids is 1. The van der Waals surface area contributed by atoms with Gasteiger partial charge in [0.05, 0.1) is 5.56 Å². The summed E-state index contributed by atoms with van der Waals surface area (Å²) < 4.78 is 0. The van der Waals surface area contributed by atoms with E-state index in [1.165, 1.54) is 0 Å². The largest absolute Gasteiger partial charge is 0.477 e. The molecule has 0 saturated heterocycles. The fraction of sp³-hybridized carbons (Fsp3) is 0.267. The summed E-state index contributed by atoms with van der Waals surface area (Å²) >= 11 is 0. The second-order valence-corrected chi connectivity index (χ2v) is 4.79. The zero-order valence-corrected chi connectivity index (χ0v) is 11.9. The second kappa shape index (κ2) is 6.21. The molecule has 6 nitrogen and oxygen atoms in total. The first-order chi connectivity index (χ1) is 10.0. The molecule has 2 rings (SSSR count). The van der Waals surface area contributed by atoms with E-state index < -0.39 is 5.97 Å². The third-order valence-corrected chi connectivity index (χ3v) is 3.33. The van der Waals surface area contributed by atoms with E-state index in [0.29, 0.717) is 29.8 Å². The highest BCUT2D eigenvalue weighted by Gasteiger charge is 2.21. The van der Waals surface area contributed by atoms with Crippen LogP contribution in [-0.4, -0.2) is 33.5 Å². The molecule has 110 valence electrons. The van der Waals surface area contributed by atoms with Crippen LogP contribution < -0.4 is 5.32 Å². The maximum atomic E-state index is 12.2. The lowest BCUT2D eigenvalue weighted by molar-refractivity contribution is 0.0690. The molecule has 0 aliphatic carbocycles. The van der Waals surface area contributed by atoms with Gasteiger partial charge in [0.15, 0.2) is 0 Å². The molecule has 2 aromatic rings. The van der Waals surface area contributed by atoms with Crippen LogP contribution in [0.4, 0.5) is 0 Å². The molecule has 2 aromatic heterocycles. The highest BCUT2D eigenvalue weighted by molar-refractivity contribution is 6.00. The van der Waals surface area contributed by atoms with E-state index in [1.807, 2.05) is 12.1 Å². The molecule has 2 heterocycles. The Kier molecular flexibility index (Phi) is 4.37. The van der Waals surface area contributed by atoms with Gasteiger partial charge in [-0.3, -0.25) is 9.78 Å². The van der Waals surface area contributed by atoms with Gasteiger partial charge in [-0.05, 0) is 43.5 Å². The van der Waals surface area contributed by atoms with Crippen molar-refractivity contribution in [1.82, 2.24) is 15.3 Å². The number of pyridine rings is 1. The number of amides is 1. The Morgan fingerprint density at radius 3 is 2.52 bits per heavy atom. The average Bonchev–Trinajstić information content (AvgIpc) is 2.75. The van der Waals surface area contributed by atoms with Crippen LogP contribution in [0, 0.1) is 13.8 Å². The molecule has 0 bridgehead atoms. The summed E-state index contributed by atoms with van der Waals surface area (Å²) in [6.07, 6.45) is 4.11. The maximum Gasteiger partial charge on any atom is 0.352 e. The van der Waals surface area contributed by atoms with Gasteiger partial charge in [0.1, 0.15) is 5.69 Å². The number of nitrogens with zero attached hydrogens (tertiary/aromatic N) is 1. The predicted molar refractivity (Wildman–Crippen MR) is 77.5 cm³/mol. The zero-order valence-electron chi connectivity index (χ0n) is 11.9. The number of hydrogen-bond donors (Lipinski definition) is 3. The van der Waals surface area contributed by atoms with Crippen LogP contribution in [0.15, 0.2) is 24.5 Å². The molecular formula is C15H17N3O3. The molecule has 3 N–H and O–H groups in total. The van der Waals surface area contributed by atoms with Crippen LogP contribution in [0.2, 0.25) is 0 Å². The van der Waals surface area contributed by atoms with Crippen molar-refractivity contribution in [2.75, 3.05) is 6.54 Å². The van der Waals surface area contributed by atoms with Crippen LogP contribution in [0.3, 0.4) is 0 Å². The number of carbonyl (C=O) groups excluding carboxylic acids is 1. The van der Waals surface area contributed by atoms with E-state index in [9.17, 15) is 9.59 Å². The van der Waals surface area contributed by atoms with Crippen molar-refractivity contribution in [3.63, 3.8) is 0 Å². The van der Waals surface area contributed by atoms with Crippen molar-refractivity contribution >= 4 is 11.9 Å². The van der Waals surface area contributed by atoms with E-state index in [-0.39, 0.29) is 11.6 Å². The summed E-state index contributed by atoms with van der Waals surface area (Å²) in [6, 6.07) is 3.78. The van der Waals surface area contributed by atoms with Gasteiger partial charge in [0.25, 0.3) is 5.91 Å². The standard InChI is InChI=1S/C15H17N3O3/c1-9-12(10(2)18-13(9)15(20)21)14(19)17-8-5-11-3-6-16-7-4-11/h3-4,6-7,18H,5,8H2,1-2H3,(H,17,19)(H,20,21). The Hall–Kier alpha value is -2.63. The molecule has 0 radical (unpaired) electrons. The molecule has 6 heteroatoms. The first-order valence-electron chi connectivity index (χ1n) is 6.60. The van der Waals surface area contributed by atoms with Gasteiger partial charge < -0.3 is 15.4 Å². The van der Waals surface area contributed by atoms with Crippen LogP contribution in [0.1, 0.15) is 37.7 Å². The van der Waals surface area contributed by atoms with E-state index in [2.05, 4.69) is 15.3 Å². The lowest BCUT2D eigenvalue weighted by Gasteiger charge is -2.06. The normalized spacial score (nSPS) is 10.4. The summed E-state index contributed by atoms with van der Waals surface area (Å²) in [7, 11) is 0. The number of hydrogen-bond acceptors (Lipinski definition) is 3. The molecule has 0 fully saturated rings. The van der Waals surface area contributed by atoms with Gasteiger partial charge >= 0.3 is 5.97 Å². The molecule has 1 amide bonds. The minimum atomic E-state index is -1.06. The quantitative estimate of drug-likeness (QED) is 0.780. The number of H-pyrrole nitrogens is 1. The van der Waals surface area contributed by atoms with Crippen molar-refractivity contribution < 1.29 is 14.7 Å². The average molecular weight is 287 g/mol. The molecule has 21 heavy (non-hydrogen) atoms. The second-order valence-electron chi connectivity index (χ2n) is 4.79. The van der Waals surface area contributed by atoms with Crippen molar-refractivity contribution in [2.24, 2.45) is 0 Å². The topological polar surface area (TPSA) is 95.1 Å². The number of aromatic amines is 1. The Labute approximate surface area is 122 Å². The van der Waals surface area contributed by atoms with Gasteiger partial charge in [0.2, 0.25) is 0 Å². The smallest absolute Gasteiger partial charge is 0.352 e. The van der Waals surface area contributed by atoms with Crippen molar-refractivity contribution in [2.45, 2.75) is 20.3 Å². The van der Waals surface area contributed by atoms with Crippen LogP contribution in [-0.2, 0) is 6.42 Å². The monoisotopic (exact) mass is 287 g/mol. The Morgan fingerprint density at radius 1 is 1.29 bits per heavy atom. The van der Waals surface area contributed by atoms with Gasteiger partial charge in [-0.25, -0.2) is 4.79 Å². The van der Waals surface area contributed by atoms with Crippen LogP contribution in [0.25, 0.3) is 0 Å². The summed E-state index contributed by atoms with van der Waals surface area (Å²) in [4.78, 5) is 29.9. The third kappa shape index (κ3) is 3.28. The van der Waals surface area contributed by atoms with E-state index in [1.54, 1.807) is 26.2 Å². The van der Waals surface area contributed by atoms with Crippen molar-refractivity contribution in [3.8, 4) is 0 Å². The molecule has 0 aliphatic rings. The highest BCUT2D eigenvalue weighted by atomic mass is 16.4. The zero-order chi connectivity index (χ0) is 15.4. The minimum absolute atomic E-state index is 0.0618. The summed E-state index contributed by atoms with van der Waals surface area (Å²) in [5.74, 6) is -1.32. The molecule has 0 saturated carbocycles. The fourth-order valence-electron chi connectivity index (χ4n) is 2.26. The molecule has 0 aromatic carbocycles.